The first-order chi connectivity index (χ1) is 12.7. The van der Waals surface area contributed by atoms with Crippen LogP contribution in [0, 0.1) is 0 Å². The summed E-state index contributed by atoms with van der Waals surface area (Å²) in [6.07, 6.45) is 3.47. The van der Waals surface area contributed by atoms with Gasteiger partial charge < -0.3 is 10.2 Å². The Morgan fingerprint density at radius 3 is 2.81 bits per heavy atom. The molecule has 2 aromatic heterocycles. The average molecular weight is 363 g/mol. The molecule has 1 aliphatic rings. The molecule has 2 amide bonds. The molecule has 1 aliphatic heterocycles. The number of anilines is 1. The van der Waals surface area contributed by atoms with Crippen LogP contribution in [0.3, 0.4) is 0 Å². The molecule has 0 aliphatic carbocycles. The Kier molecular flexibility index (Phi) is 4.50. The lowest BCUT2D eigenvalue weighted by molar-refractivity contribution is -0.117. The topological polar surface area (TPSA) is 62.3 Å². The average Bonchev–Trinajstić information content (AvgIpc) is 3.30. The van der Waals surface area contributed by atoms with Crippen molar-refractivity contribution in [3.05, 3.63) is 82.3 Å². The van der Waals surface area contributed by atoms with E-state index in [1.165, 1.54) is 0 Å². The summed E-state index contributed by atoms with van der Waals surface area (Å²) in [5.41, 5.74) is 2.38. The number of pyridine rings is 1. The van der Waals surface area contributed by atoms with Gasteiger partial charge in [0.2, 0.25) is 5.91 Å². The second-order valence-electron chi connectivity index (χ2n) is 6.12. The Bertz CT molecular complexity index is 925. The molecule has 6 heteroatoms. The number of fused-ring (bicyclic) bond motifs is 1. The lowest BCUT2D eigenvalue weighted by Crippen LogP contribution is -2.31. The Morgan fingerprint density at radius 1 is 1.19 bits per heavy atom. The molecule has 3 heterocycles. The van der Waals surface area contributed by atoms with Crippen molar-refractivity contribution in [2.75, 3.05) is 5.32 Å². The highest BCUT2D eigenvalue weighted by atomic mass is 32.1. The van der Waals surface area contributed by atoms with Crippen molar-refractivity contribution in [2.24, 2.45) is 0 Å². The minimum atomic E-state index is -0.286. The van der Waals surface area contributed by atoms with Crippen LogP contribution in [0.1, 0.15) is 33.3 Å². The zero-order valence-corrected chi connectivity index (χ0v) is 14.8. The van der Waals surface area contributed by atoms with Gasteiger partial charge in [0.05, 0.1) is 24.3 Å². The third kappa shape index (κ3) is 3.23. The molecule has 26 heavy (non-hydrogen) atoms. The van der Waals surface area contributed by atoms with Crippen molar-refractivity contribution < 1.29 is 9.59 Å². The minimum absolute atomic E-state index is 0.0202. The first kappa shape index (κ1) is 16.5. The normalized spacial score (nSPS) is 14.2. The van der Waals surface area contributed by atoms with Crippen molar-refractivity contribution in [1.29, 1.82) is 0 Å². The smallest absolute Gasteiger partial charge is 0.255 e. The molecular formula is C20H17N3O2S. The molecule has 0 saturated carbocycles. The molecular weight excluding hydrogens is 346 g/mol. The quantitative estimate of drug-likeness (QED) is 0.748. The van der Waals surface area contributed by atoms with Gasteiger partial charge in [0, 0.05) is 23.2 Å². The Morgan fingerprint density at radius 2 is 2.08 bits per heavy atom. The van der Waals surface area contributed by atoms with Crippen molar-refractivity contribution in [3.8, 4) is 0 Å². The molecule has 1 aromatic carbocycles. The second-order valence-corrected chi connectivity index (χ2v) is 7.09. The van der Waals surface area contributed by atoms with Crippen LogP contribution in [0.2, 0.25) is 0 Å². The van der Waals surface area contributed by atoms with Crippen LogP contribution in [-0.4, -0.2) is 21.7 Å². The minimum Gasteiger partial charge on any atom is -0.326 e. The van der Waals surface area contributed by atoms with E-state index in [1.807, 2.05) is 41.8 Å². The third-order valence-electron chi connectivity index (χ3n) is 4.42. The van der Waals surface area contributed by atoms with Crippen LogP contribution in [-0.2, 0) is 11.3 Å². The van der Waals surface area contributed by atoms with E-state index < -0.39 is 0 Å². The van der Waals surface area contributed by atoms with Crippen molar-refractivity contribution in [1.82, 2.24) is 9.88 Å². The summed E-state index contributed by atoms with van der Waals surface area (Å²) in [7, 11) is 0. The molecule has 3 aromatic rings. The van der Waals surface area contributed by atoms with E-state index in [0.717, 1.165) is 16.0 Å². The van der Waals surface area contributed by atoms with Gasteiger partial charge in [-0.25, -0.2) is 0 Å². The highest BCUT2D eigenvalue weighted by Gasteiger charge is 2.34. The number of nitrogens with zero attached hydrogens (tertiary/aromatic N) is 2. The molecule has 0 fully saturated rings. The van der Waals surface area contributed by atoms with Crippen molar-refractivity contribution >= 4 is 28.8 Å². The molecule has 0 bridgehead atoms. The van der Waals surface area contributed by atoms with Gasteiger partial charge in [0.1, 0.15) is 0 Å². The van der Waals surface area contributed by atoms with Crippen LogP contribution in [0.15, 0.2) is 66.3 Å². The van der Waals surface area contributed by atoms with Gasteiger partial charge in [0.25, 0.3) is 5.91 Å². The van der Waals surface area contributed by atoms with Crippen molar-refractivity contribution in [3.63, 3.8) is 0 Å². The number of amides is 2. The lowest BCUT2D eigenvalue weighted by Gasteiger charge is -2.26. The van der Waals surface area contributed by atoms with E-state index in [1.54, 1.807) is 40.8 Å². The molecule has 5 nitrogen and oxygen atoms in total. The predicted octanol–water partition coefficient (Wildman–Crippen LogP) is 3.87. The van der Waals surface area contributed by atoms with Gasteiger partial charge in [-0.1, -0.05) is 24.3 Å². The zero-order chi connectivity index (χ0) is 17.9. The lowest BCUT2D eigenvalue weighted by atomic mass is 10.1. The molecule has 0 saturated heterocycles. The fourth-order valence-corrected chi connectivity index (χ4v) is 4.04. The van der Waals surface area contributed by atoms with Crippen LogP contribution in [0.5, 0.6) is 0 Å². The molecule has 130 valence electrons. The number of carbonyl (C=O) groups excluding carboxylic acids is 2. The number of carbonyl (C=O) groups is 2. The molecule has 4 rings (SSSR count). The van der Waals surface area contributed by atoms with E-state index in [-0.39, 0.29) is 24.3 Å². The number of hydrogen-bond donors (Lipinski definition) is 1. The van der Waals surface area contributed by atoms with Crippen LogP contribution < -0.4 is 5.32 Å². The fraction of sp³-hybridized carbons (Fsp3) is 0.150. The number of nitrogens with one attached hydrogen (secondary N) is 1. The van der Waals surface area contributed by atoms with E-state index in [4.69, 9.17) is 0 Å². The molecule has 1 unspecified atom stereocenters. The van der Waals surface area contributed by atoms with E-state index in [9.17, 15) is 9.59 Å². The number of thiophene rings is 1. The summed E-state index contributed by atoms with van der Waals surface area (Å²) < 4.78 is 0. The molecule has 1 atom stereocenters. The SMILES string of the molecule is O=C(CC(c1cccs1)N1Cc2ccccc2C1=O)Nc1cccnc1. The Hall–Kier alpha value is -2.99. The first-order valence-electron chi connectivity index (χ1n) is 8.34. The largest absolute Gasteiger partial charge is 0.326 e. The van der Waals surface area contributed by atoms with Gasteiger partial charge in [-0.2, -0.15) is 0 Å². The fourth-order valence-electron chi connectivity index (χ4n) is 3.20. The predicted molar refractivity (Wildman–Crippen MR) is 101 cm³/mol. The van der Waals surface area contributed by atoms with Gasteiger partial charge in [-0.15, -0.1) is 11.3 Å². The summed E-state index contributed by atoms with van der Waals surface area (Å²) >= 11 is 1.56. The number of rotatable bonds is 5. The summed E-state index contributed by atoms with van der Waals surface area (Å²) in [6.45, 7) is 0.526. The number of benzene rings is 1. The van der Waals surface area contributed by atoms with Crippen LogP contribution >= 0.6 is 11.3 Å². The highest BCUT2D eigenvalue weighted by Crippen LogP contribution is 2.35. The number of hydrogen-bond acceptors (Lipinski definition) is 4. The maximum Gasteiger partial charge on any atom is 0.255 e. The van der Waals surface area contributed by atoms with E-state index in [2.05, 4.69) is 10.3 Å². The highest BCUT2D eigenvalue weighted by molar-refractivity contribution is 7.10. The Labute approximate surface area is 155 Å². The first-order valence-corrected chi connectivity index (χ1v) is 9.22. The molecule has 0 radical (unpaired) electrons. The maximum atomic E-state index is 12.9. The van der Waals surface area contributed by atoms with Crippen LogP contribution in [0.4, 0.5) is 5.69 Å². The molecule has 1 N–H and O–H groups in total. The second kappa shape index (κ2) is 7.09. The van der Waals surface area contributed by atoms with E-state index in [0.29, 0.717) is 12.2 Å². The third-order valence-corrected chi connectivity index (χ3v) is 5.39. The van der Waals surface area contributed by atoms with Crippen LogP contribution in [0.25, 0.3) is 0 Å². The molecule has 0 spiro atoms. The number of aromatic nitrogens is 1. The van der Waals surface area contributed by atoms with E-state index >= 15 is 0 Å². The van der Waals surface area contributed by atoms with Gasteiger partial charge >= 0.3 is 0 Å². The van der Waals surface area contributed by atoms with Gasteiger partial charge in [-0.3, -0.25) is 14.6 Å². The zero-order valence-electron chi connectivity index (χ0n) is 14.0. The van der Waals surface area contributed by atoms with Crippen molar-refractivity contribution in [2.45, 2.75) is 19.0 Å². The summed E-state index contributed by atoms with van der Waals surface area (Å²) in [4.78, 5) is 32.2. The summed E-state index contributed by atoms with van der Waals surface area (Å²) in [6, 6.07) is 14.8. The standard InChI is InChI=1S/C20H17N3O2S/c24-19(22-15-6-3-9-21-12-15)11-17(18-8-4-10-26-18)23-13-14-5-1-2-7-16(14)20(23)25/h1-10,12,17H,11,13H2,(H,22,24). The summed E-state index contributed by atoms with van der Waals surface area (Å²) in [5, 5.41) is 4.83. The summed E-state index contributed by atoms with van der Waals surface area (Å²) in [5.74, 6) is -0.159. The van der Waals surface area contributed by atoms with Gasteiger partial charge in [-0.05, 0) is 35.2 Å². The maximum absolute atomic E-state index is 12.9. The van der Waals surface area contributed by atoms with Gasteiger partial charge in [0.15, 0.2) is 0 Å². The Balaban J connectivity index is 1.57. The monoisotopic (exact) mass is 363 g/mol.